The lowest BCUT2D eigenvalue weighted by molar-refractivity contribution is 0.628. The summed E-state index contributed by atoms with van der Waals surface area (Å²) in [6, 6.07) is 6.18. The lowest BCUT2D eigenvalue weighted by Gasteiger charge is -2.07. The van der Waals surface area contributed by atoms with Crippen molar-refractivity contribution in [2.24, 2.45) is 0 Å². The molecule has 96 valence electrons. The van der Waals surface area contributed by atoms with Gasteiger partial charge < -0.3 is 5.73 Å². The maximum absolute atomic E-state index is 13.1. The molecule has 0 spiro atoms. The molecule has 0 aliphatic heterocycles. The van der Waals surface area contributed by atoms with Gasteiger partial charge in [-0.2, -0.15) is 4.98 Å². The number of anilines is 1. The van der Waals surface area contributed by atoms with Crippen LogP contribution >= 0.6 is 11.6 Å². The van der Waals surface area contributed by atoms with Crippen LogP contribution in [0, 0.1) is 12.7 Å². The third-order valence-electron chi connectivity index (χ3n) is 2.81. The van der Waals surface area contributed by atoms with Crippen LogP contribution < -0.4 is 5.73 Å². The molecule has 1 aromatic carbocycles. The zero-order chi connectivity index (χ0) is 13.6. The number of halogens is 2. The number of aromatic nitrogens is 3. The van der Waals surface area contributed by atoms with Gasteiger partial charge in [0.15, 0.2) is 5.65 Å². The van der Waals surface area contributed by atoms with E-state index >= 15 is 0 Å². The van der Waals surface area contributed by atoms with Crippen LogP contribution in [0.1, 0.15) is 5.56 Å². The van der Waals surface area contributed by atoms with Crippen molar-refractivity contribution in [2.75, 3.05) is 5.73 Å². The fourth-order valence-corrected chi connectivity index (χ4v) is 2.31. The second-order valence-corrected chi connectivity index (χ2v) is 4.70. The predicted octanol–water partition coefficient (Wildman–Crippen LogP) is 3.08. The first-order valence-electron chi connectivity index (χ1n) is 5.62. The first kappa shape index (κ1) is 11.9. The summed E-state index contributed by atoms with van der Waals surface area (Å²) in [4.78, 5) is 4.17. The number of aryl methyl sites for hydroxylation is 1. The molecule has 2 heterocycles. The van der Waals surface area contributed by atoms with Crippen LogP contribution in [0.5, 0.6) is 0 Å². The minimum absolute atomic E-state index is 0.185. The van der Waals surface area contributed by atoms with Crippen LogP contribution in [0.2, 0.25) is 5.02 Å². The van der Waals surface area contributed by atoms with Crippen LogP contribution in [0.3, 0.4) is 0 Å². The summed E-state index contributed by atoms with van der Waals surface area (Å²) in [5.41, 5.74) is 8.66. The van der Waals surface area contributed by atoms with Crippen molar-refractivity contribution in [1.29, 1.82) is 0 Å². The Morgan fingerprint density at radius 2 is 2.05 bits per heavy atom. The Balaban J connectivity index is 2.35. The lowest BCUT2D eigenvalue weighted by atomic mass is 10.1. The minimum atomic E-state index is -0.376. The van der Waals surface area contributed by atoms with Crippen LogP contribution in [-0.2, 0) is 0 Å². The van der Waals surface area contributed by atoms with Crippen LogP contribution in [0.25, 0.3) is 16.8 Å². The Labute approximate surface area is 113 Å². The monoisotopic (exact) mass is 276 g/mol. The minimum Gasteiger partial charge on any atom is -0.366 e. The average Bonchev–Trinajstić information content (AvgIpc) is 2.68. The Morgan fingerprint density at radius 3 is 2.79 bits per heavy atom. The first-order chi connectivity index (χ1) is 9.04. The molecule has 19 heavy (non-hydrogen) atoms. The summed E-state index contributed by atoms with van der Waals surface area (Å²) < 4.78 is 14.7. The highest BCUT2D eigenvalue weighted by molar-refractivity contribution is 6.33. The molecule has 0 radical (unpaired) electrons. The number of fused-ring (bicyclic) bond motifs is 1. The summed E-state index contributed by atoms with van der Waals surface area (Å²) in [7, 11) is 0. The first-order valence-corrected chi connectivity index (χ1v) is 6.00. The van der Waals surface area contributed by atoms with Crippen molar-refractivity contribution >= 4 is 23.2 Å². The number of nitrogen functional groups attached to an aromatic ring is 1. The molecule has 0 bridgehead atoms. The smallest absolute Gasteiger partial charge is 0.240 e. The van der Waals surface area contributed by atoms with Crippen molar-refractivity contribution in [3.63, 3.8) is 0 Å². The molecule has 4 nitrogen and oxygen atoms in total. The van der Waals surface area contributed by atoms with Gasteiger partial charge in [-0.3, -0.25) is 0 Å². The summed E-state index contributed by atoms with van der Waals surface area (Å²) in [6.45, 7) is 1.93. The van der Waals surface area contributed by atoms with E-state index in [0.29, 0.717) is 16.2 Å². The standard InChI is InChI=1S/C13H10ClFN4/c1-7-4-10(9-3-2-8(15)5-11(9)14)12-17-13(16)18-19(12)6-7/h2-6H,1H3,(H2,16,18). The van der Waals surface area contributed by atoms with E-state index in [-0.39, 0.29) is 11.8 Å². The molecule has 0 amide bonds. The third-order valence-corrected chi connectivity index (χ3v) is 3.12. The van der Waals surface area contributed by atoms with Gasteiger partial charge in [-0.25, -0.2) is 8.91 Å². The highest BCUT2D eigenvalue weighted by atomic mass is 35.5. The highest BCUT2D eigenvalue weighted by Crippen LogP contribution is 2.31. The molecular weight excluding hydrogens is 267 g/mol. The summed E-state index contributed by atoms with van der Waals surface area (Å²) >= 11 is 6.09. The van der Waals surface area contributed by atoms with Crippen LogP contribution in [0.15, 0.2) is 30.5 Å². The molecule has 0 atom stereocenters. The van der Waals surface area contributed by atoms with Gasteiger partial charge >= 0.3 is 0 Å². The van der Waals surface area contributed by atoms with E-state index in [1.807, 2.05) is 19.2 Å². The average molecular weight is 277 g/mol. The zero-order valence-electron chi connectivity index (χ0n) is 10.1. The molecule has 0 saturated carbocycles. The van der Waals surface area contributed by atoms with Gasteiger partial charge in [-0.15, -0.1) is 5.10 Å². The van der Waals surface area contributed by atoms with E-state index in [2.05, 4.69) is 10.1 Å². The van der Waals surface area contributed by atoms with Crippen molar-refractivity contribution < 1.29 is 4.39 Å². The third kappa shape index (κ3) is 2.02. The predicted molar refractivity (Wildman–Crippen MR) is 72.5 cm³/mol. The van der Waals surface area contributed by atoms with Crippen molar-refractivity contribution in [2.45, 2.75) is 6.92 Å². The molecule has 2 aromatic heterocycles. The number of benzene rings is 1. The van der Waals surface area contributed by atoms with Crippen molar-refractivity contribution in [3.8, 4) is 11.1 Å². The maximum atomic E-state index is 13.1. The summed E-state index contributed by atoms with van der Waals surface area (Å²) in [5, 5.41) is 4.40. The van der Waals surface area contributed by atoms with Gasteiger partial charge in [0.25, 0.3) is 0 Å². The second-order valence-electron chi connectivity index (χ2n) is 4.29. The molecule has 0 fully saturated rings. The van der Waals surface area contributed by atoms with E-state index in [9.17, 15) is 4.39 Å². The SMILES string of the molecule is Cc1cc(-c2ccc(F)cc2Cl)c2nc(N)nn2c1. The van der Waals surface area contributed by atoms with Gasteiger partial charge in [-0.1, -0.05) is 11.6 Å². The van der Waals surface area contributed by atoms with Crippen molar-refractivity contribution in [1.82, 2.24) is 14.6 Å². The van der Waals surface area contributed by atoms with E-state index < -0.39 is 0 Å². The van der Waals surface area contributed by atoms with E-state index in [1.54, 1.807) is 10.6 Å². The lowest BCUT2D eigenvalue weighted by Crippen LogP contribution is -1.93. The Kier molecular flexibility index (Phi) is 2.64. The maximum Gasteiger partial charge on any atom is 0.240 e. The topological polar surface area (TPSA) is 56.2 Å². The van der Waals surface area contributed by atoms with E-state index in [1.165, 1.54) is 12.1 Å². The molecule has 0 aliphatic carbocycles. The Bertz CT molecular complexity index is 782. The fraction of sp³-hybridized carbons (Fsp3) is 0.0769. The second kappa shape index (κ2) is 4.20. The molecule has 3 aromatic rings. The summed E-state index contributed by atoms with van der Waals surface area (Å²) in [6.07, 6.45) is 1.82. The van der Waals surface area contributed by atoms with Gasteiger partial charge in [0.05, 0.1) is 5.02 Å². The molecule has 3 rings (SSSR count). The molecule has 0 aliphatic rings. The van der Waals surface area contributed by atoms with Crippen molar-refractivity contribution in [3.05, 3.63) is 46.9 Å². The number of pyridine rings is 1. The molecule has 0 saturated heterocycles. The zero-order valence-corrected chi connectivity index (χ0v) is 10.8. The van der Waals surface area contributed by atoms with Gasteiger partial charge in [0.2, 0.25) is 5.95 Å². The molecule has 0 unspecified atom stereocenters. The number of nitrogens with two attached hydrogens (primary N) is 1. The van der Waals surface area contributed by atoms with E-state index in [0.717, 1.165) is 11.1 Å². The fourth-order valence-electron chi connectivity index (χ4n) is 2.04. The number of nitrogens with zero attached hydrogens (tertiary/aromatic N) is 3. The largest absolute Gasteiger partial charge is 0.366 e. The number of rotatable bonds is 1. The quantitative estimate of drug-likeness (QED) is 0.743. The molecule has 6 heteroatoms. The number of hydrogen-bond acceptors (Lipinski definition) is 3. The van der Waals surface area contributed by atoms with Gasteiger partial charge in [0.1, 0.15) is 5.82 Å². The highest BCUT2D eigenvalue weighted by Gasteiger charge is 2.12. The molecule has 2 N–H and O–H groups in total. The van der Waals surface area contributed by atoms with Gasteiger partial charge in [0, 0.05) is 17.3 Å². The summed E-state index contributed by atoms with van der Waals surface area (Å²) in [5.74, 6) is -0.191. The normalized spacial score (nSPS) is 11.1. The Hall–Kier alpha value is -2.14. The number of hydrogen-bond donors (Lipinski definition) is 1. The Morgan fingerprint density at radius 1 is 1.26 bits per heavy atom. The van der Waals surface area contributed by atoms with Gasteiger partial charge in [-0.05, 0) is 36.8 Å². The van der Waals surface area contributed by atoms with E-state index in [4.69, 9.17) is 17.3 Å². The molecular formula is C13H10ClFN4. The van der Waals surface area contributed by atoms with Crippen LogP contribution in [-0.4, -0.2) is 14.6 Å². The van der Waals surface area contributed by atoms with Crippen LogP contribution in [0.4, 0.5) is 10.3 Å².